The van der Waals surface area contributed by atoms with Gasteiger partial charge in [0.15, 0.2) is 0 Å². The fourth-order valence-corrected chi connectivity index (χ4v) is 1.05. The fourth-order valence-electron chi connectivity index (χ4n) is 0.851. The lowest BCUT2D eigenvalue weighted by atomic mass is 10.3. The molecule has 1 aromatic heterocycles. The second-order valence-electron chi connectivity index (χ2n) is 2.53. The second-order valence-corrected chi connectivity index (χ2v) is 2.92. The van der Waals surface area contributed by atoms with E-state index in [0.29, 0.717) is 6.07 Å². The van der Waals surface area contributed by atoms with Crippen molar-refractivity contribution in [2.45, 2.75) is 12.6 Å². The molecule has 1 rings (SSSR count). The summed E-state index contributed by atoms with van der Waals surface area (Å²) in [4.78, 5) is 6.91. The SMILES string of the molecule is NCCc1nc(Cl)cc(C(F)(F)F)n1. The summed E-state index contributed by atoms with van der Waals surface area (Å²) in [6, 6.07) is 0.682. The Morgan fingerprint density at radius 1 is 1.36 bits per heavy atom. The summed E-state index contributed by atoms with van der Waals surface area (Å²) in [5.74, 6) is 0.00678. The van der Waals surface area contributed by atoms with Crippen molar-refractivity contribution < 1.29 is 13.2 Å². The molecule has 1 aromatic rings. The third-order valence-corrected chi connectivity index (χ3v) is 1.59. The Morgan fingerprint density at radius 2 is 2.00 bits per heavy atom. The van der Waals surface area contributed by atoms with Gasteiger partial charge in [-0.25, -0.2) is 9.97 Å². The van der Waals surface area contributed by atoms with Crippen molar-refractivity contribution in [3.63, 3.8) is 0 Å². The molecule has 0 fully saturated rings. The Bertz CT molecular complexity index is 326. The van der Waals surface area contributed by atoms with Crippen LogP contribution < -0.4 is 5.73 Å². The molecule has 0 aliphatic rings. The van der Waals surface area contributed by atoms with Crippen LogP contribution in [0.25, 0.3) is 0 Å². The van der Waals surface area contributed by atoms with E-state index in [1.165, 1.54) is 0 Å². The van der Waals surface area contributed by atoms with Gasteiger partial charge in [0.25, 0.3) is 0 Å². The molecular weight excluding hydrogens is 219 g/mol. The molecule has 3 nitrogen and oxygen atoms in total. The molecule has 0 aliphatic carbocycles. The van der Waals surface area contributed by atoms with Crippen molar-refractivity contribution in [3.8, 4) is 0 Å². The molecule has 0 unspecified atom stereocenters. The van der Waals surface area contributed by atoms with Gasteiger partial charge >= 0.3 is 6.18 Å². The maximum Gasteiger partial charge on any atom is 0.433 e. The summed E-state index contributed by atoms with van der Waals surface area (Å²) >= 11 is 5.40. The van der Waals surface area contributed by atoms with Crippen LogP contribution >= 0.6 is 11.6 Å². The largest absolute Gasteiger partial charge is 0.433 e. The van der Waals surface area contributed by atoms with Crippen molar-refractivity contribution >= 4 is 11.6 Å². The molecule has 0 radical (unpaired) electrons. The molecule has 0 saturated heterocycles. The molecule has 0 spiro atoms. The predicted molar refractivity (Wildman–Crippen MR) is 44.8 cm³/mol. The van der Waals surface area contributed by atoms with Crippen LogP contribution in [0.15, 0.2) is 6.07 Å². The lowest BCUT2D eigenvalue weighted by Gasteiger charge is -2.07. The number of nitrogens with zero attached hydrogens (tertiary/aromatic N) is 2. The summed E-state index contributed by atoms with van der Waals surface area (Å²) in [7, 11) is 0. The Hall–Kier alpha value is -0.880. The minimum absolute atomic E-state index is 0.00678. The highest BCUT2D eigenvalue weighted by Crippen LogP contribution is 2.28. The fraction of sp³-hybridized carbons (Fsp3) is 0.429. The van der Waals surface area contributed by atoms with Crippen molar-refractivity contribution in [1.29, 1.82) is 0 Å². The van der Waals surface area contributed by atoms with E-state index >= 15 is 0 Å². The topological polar surface area (TPSA) is 51.8 Å². The minimum Gasteiger partial charge on any atom is -0.330 e. The first-order valence-corrected chi connectivity index (χ1v) is 4.12. The van der Waals surface area contributed by atoms with E-state index in [0.717, 1.165) is 0 Å². The van der Waals surface area contributed by atoms with E-state index in [1.807, 2.05) is 0 Å². The molecule has 0 bridgehead atoms. The number of rotatable bonds is 2. The number of hydrogen-bond donors (Lipinski definition) is 1. The van der Waals surface area contributed by atoms with Gasteiger partial charge in [-0.2, -0.15) is 13.2 Å². The van der Waals surface area contributed by atoms with E-state index in [1.54, 1.807) is 0 Å². The molecule has 7 heteroatoms. The van der Waals surface area contributed by atoms with E-state index in [4.69, 9.17) is 17.3 Å². The summed E-state index contributed by atoms with van der Waals surface area (Å²) in [6.07, 6.45) is -4.33. The molecule has 0 saturated carbocycles. The van der Waals surface area contributed by atoms with Gasteiger partial charge in [-0.15, -0.1) is 0 Å². The average Bonchev–Trinajstić information content (AvgIpc) is 2.02. The molecule has 0 amide bonds. The molecule has 1 heterocycles. The molecule has 78 valence electrons. The summed E-state index contributed by atoms with van der Waals surface area (Å²) < 4.78 is 36.6. The Morgan fingerprint density at radius 3 is 2.50 bits per heavy atom. The lowest BCUT2D eigenvalue weighted by Crippen LogP contribution is -2.13. The first-order valence-electron chi connectivity index (χ1n) is 3.74. The van der Waals surface area contributed by atoms with Gasteiger partial charge in [0.2, 0.25) is 0 Å². The van der Waals surface area contributed by atoms with E-state index < -0.39 is 11.9 Å². The number of aromatic nitrogens is 2. The van der Waals surface area contributed by atoms with Crippen molar-refractivity contribution in [1.82, 2.24) is 9.97 Å². The molecule has 0 aliphatic heterocycles. The van der Waals surface area contributed by atoms with Crippen LogP contribution in [0.5, 0.6) is 0 Å². The maximum atomic E-state index is 12.2. The van der Waals surface area contributed by atoms with E-state index in [-0.39, 0.29) is 23.9 Å². The number of alkyl halides is 3. The van der Waals surface area contributed by atoms with Crippen molar-refractivity contribution in [2.24, 2.45) is 5.73 Å². The van der Waals surface area contributed by atoms with Gasteiger partial charge in [0, 0.05) is 12.5 Å². The lowest BCUT2D eigenvalue weighted by molar-refractivity contribution is -0.141. The second kappa shape index (κ2) is 4.10. The number of nitrogens with two attached hydrogens (primary N) is 1. The first kappa shape index (κ1) is 11.2. The number of halogens is 4. The van der Waals surface area contributed by atoms with Gasteiger partial charge in [0.05, 0.1) is 0 Å². The van der Waals surface area contributed by atoms with Crippen LogP contribution in [0.1, 0.15) is 11.5 Å². The van der Waals surface area contributed by atoms with Crippen LogP contribution in [-0.2, 0) is 12.6 Å². The van der Waals surface area contributed by atoms with E-state index in [2.05, 4.69) is 9.97 Å². The molecule has 2 N–H and O–H groups in total. The first-order chi connectivity index (χ1) is 6.43. The zero-order valence-corrected chi connectivity index (χ0v) is 7.73. The monoisotopic (exact) mass is 225 g/mol. The summed E-state index contributed by atoms with van der Waals surface area (Å²) in [5.41, 5.74) is 4.12. The maximum absolute atomic E-state index is 12.2. The summed E-state index contributed by atoms with van der Waals surface area (Å²) in [5, 5.41) is -0.226. The van der Waals surface area contributed by atoms with Crippen LogP contribution in [0.2, 0.25) is 5.15 Å². The van der Waals surface area contributed by atoms with Crippen molar-refractivity contribution in [3.05, 3.63) is 22.7 Å². The van der Waals surface area contributed by atoms with Gasteiger partial charge in [-0.05, 0) is 6.54 Å². The quantitative estimate of drug-likeness (QED) is 0.779. The zero-order chi connectivity index (χ0) is 10.8. The molecule has 0 atom stereocenters. The number of hydrogen-bond acceptors (Lipinski definition) is 3. The van der Waals surface area contributed by atoms with Gasteiger partial charge in [-0.3, -0.25) is 0 Å². The summed E-state index contributed by atoms with van der Waals surface area (Å²) in [6.45, 7) is 0.178. The zero-order valence-electron chi connectivity index (χ0n) is 6.98. The Balaban J connectivity index is 3.07. The highest BCUT2D eigenvalue weighted by molar-refractivity contribution is 6.29. The molecule has 14 heavy (non-hydrogen) atoms. The minimum atomic E-state index is -4.50. The molecule has 0 aromatic carbocycles. The van der Waals surface area contributed by atoms with Crippen molar-refractivity contribution in [2.75, 3.05) is 6.54 Å². The molecular formula is C7H7ClF3N3. The Labute approximate surface area is 83.1 Å². The van der Waals surface area contributed by atoms with E-state index in [9.17, 15) is 13.2 Å². The van der Waals surface area contributed by atoms with Crippen LogP contribution in [0.4, 0.5) is 13.2 Å². The highest BCUT2D eigenvalue weighted by Gasteiger charge is 2.33. The Kier molecular flexibility index (Phi) is 3.28. The van der Waals surface area contributed by atoms with Crippen LogP contribution in [0, 0.1) is 0 Å². The van der Waals surface area contributed by atoms with Crippen LogP contribution in [0.3, 0.4) is 0 Å². The standard InChI is InChI=1S/C7H7ClF3N3/c8-5-3-4(7(9,10)11)13-6(14-5)1-2-12/h3H,1-2,12H2. The smallest absolute Gasteiger partial charge is 0.330 e. The van der Waals surface area contributed by atoms with Crippen LogP contribution in [-0.4, -0.2) is 16.5 Å². The third-order valence-electron chi connectivity index (χ3n) is 1.40. The predicted octanol–water partition coefficient (Wildman–Crippen LogP) is 1.65. The van der Waals surface area contributed by atoms with Gasteiger partial charge < -0.3 is 5.73 Å². The normalized spacial score (nSPS) is 11.8. The average molecular weight is 226 g/mol. The van der Waals surface area contributed by atoms with Gasteiger partial charge in [-0.1, -0.05) is 11.6 Å². The van der Waals surface area contributed by atoms with Gasteiger partial charge in [0.1, 0.15) is 16.7 Å². The highest BCUT2D eigenvalue weighted by atomic mass is 35.5. The third kappa shape index (κ3) is 2.81.